The second-order valence-electron chi connectivity index (χ2n) is 10.4. The lowest BCUT2D eigenvalue weighted by atomic mass is 9.79. The van der Waals surface area contributed by atoms with Gasteiger partial charge in [0, 0.05) is 35.8 Å². The fraction of sp³-hybridized carbons (Fsp3) is 0.500. The molecule has 2 N–H and O–H groups in total. The van der Waals surface area contributed by atoms with E-state index in [9.17, 15) is 9.59 Å². The normalized spacial score (nSPS) is 30.7. The van der Waals surface area contributed by atoms with Crippen LogP contribution in [0.15, 0.2) is 54.6 Å². The quantitative estimate of drug-likeness (QED) is 0.716. The van der Waals surface area contributed by atoms with Crippen molar-refractivity contribution in [3.05, 3.63) is 65.7 Å². The summed E-state index contributed by atoms with van der Waals surface area (Å²) in [5.74, 6) is 1.27. The minimum atomic E-state index is -0.133. The van der Waals surface area contributed by atoms with Crippen LogP contribution in [0.3, 0.4) is 0 Å². The topological polar surface area (TPSA) is 61.4 Å². The Morgan fingerprint density at radius 3 is 2.45 bits per heavy atom. The number of nitrogens with zero attached hydrogens (tertiary/aromatic N) is 1. The molecule has 0 unspecified atom stereocenters. The molecule has 4 aliphatic rings. The van der Waals surface area contributed by atoms with Crippen molar-refractivity contribution in [3.63, 3.8) is 0 Å². The van der Waals surface area contributed by atoms with Gasteiger partial charge < -0.3 is 15.5 Å². The van der Waals surface area contributed by atoms with Gasteiger partial charge in [0.25, 0.3) is 5.91 Å². The van der Waals surface area contributed by atoms with Crippen LogP contribution < -0.4 is 10.6 Å². The Balaban J connectivity index is 1.25. The fourth-order valence-electron chi connectivity index (χ4n) is 6.59. The first-order valence-electron chi connectivity index (χ1n) is 12.7. The van der Waals surface area contributed by atoms with Crippen molar-refractivity contribution in [3.8, 4) is 0 Å². The number of benzene rings is 2. The monoisotopic (exact) mass is 443 g/mol. The minimum absolute atomic E-state index is 0.0689. The van der Waals surface area contributed by atoms with Crippen molar-refractivity contribution < 1.29 is 9.59 Å². The largest absolute Gasteiger partial charge is 0.381 e. The van der Waals surface area contributed by atoms with Gasteiger partial charge in [-0.15, -0.1) is 0 Å². The molecule has 2 aromatic carbocycles. The Morgan fingerprint density at radius 2 is 1.64 bits per heavy atom. The lowest BCUT2D eigenvalue weighted by Crippen LogP contribution is -2.50. The molecule has 1 saturated heterocycles. The van der Waals surface area contributed by atoms with Crippen LogP contribution in [0.4, 0.5) is 5.69 Å². The zero-order chi connectivity index (χ0) is 22.4. The standard InChI is InChI=1S/C28H33N3O2/c32-27(19-8-2-1-3-9-19)30-24-13-7-5-11-21(24)28(33)31-17-16-22-25(18-14-15-18)29-23-12-6-4-10-20(23)26(22)31/h1-4,6,8-10,12,18,21-22,24-26,29H,5,7,11,13-17H2,(H,30,32)/t21-,22+,24+,25-,26-/m0/s1. The van der Waals surface area contributed by atoms with Gasteiger partial charge in [0.1, 0.15) is 0 Å². The molecule has 2 heterocycles. The number of carbonyl (C=O) groups is 2. The summed E-state index contributed by atoms with van der Waals surface area (Å²) in [7, 11) is 0. The Bertz CT molecular complexity index is 1030. The maximum atomic E-state index is 14.0. The van der Waals surface area contributed by atoms with E-state index in [1.807, 2.05) is 30.3 Å². The molecule has 5 atom stereocenters. The summed E-state index contributed by atoms with van der Waals surface area (Å²) in [4.78, 5) is 29.1. The zero-order valence-corrected chi connectivity index (χ0v) is 19.1. The maximum absolute atomic E-state index is 14.0. The third-order valence-corrected chi connectivity index (χ3v) is 8.36. The van der Waals surface area contributed by atoms with Gasteiger partial charge in [0.2, 0.25) is 5.91 Å². The van der Waals surface area contributed by atoms with Gasteiger partial charge in [-0.1, -0.05) is 49.2 Å². The molecule has 2 aliphatic carbocycles. The van der Waals surface area contributed by atoms with Crippen LogP contribution in [-0.4, -0.2) is 35.3 Å². The number of para-hydroxylation sites is 1. The number of nitrogens with one attached hydrogen (secondary N) is 2. The van der Waals surface area contributed by atoms with Crippen LogP contribution in [0.1, 0.15) is 66.9 Å². The average Bonchev–Trinajstić information content (AvgIpc) is 3.61. The lowest BCUT2D eigenvalue weighted by Gasteiger charge is -2.42. The summed E-state index contributed by atoms with van der Waals surface area (Å²) < 4.78 is 0. The highest BCUT2D eigenvalue weighted by atomic mass is 16.2. The molecule has 33 heavy (non-hydrogen) atoms. The van der Waals surface area contributed by atoms with Gasteiger partial charge in [-0.2, -0.15) is 0 Å². The summed E-state index contributed by atoms with van der Waals surface area (Å²) in [6, 6.07) is 18.5. The lowest BCUT2D eigenvalue weighted by molar-refractivity contribution is -0.138. The number of amides is 2. The molecule has 5 nitrogen and oxygen atoms in total. The van der Waals surface area contributed by atoms with Crippen molar-refractivity contribution in [2.45, 2.75) is 63.1 Å². The molecule has 3 fully saturated rings. The highest BCUT2D eigenvalue weighted by Gasteiger charge is 2.51. The van der Waals surface area contributed by atoms with Crippen LogP contribution >= 0.6 is 0 Å². The van der Waals surface area contributed by atoms with E-state index in [1.165, 1.54) is 24.1 Å². The molecule has 2 saturated carbocycles. The van der Waals surface area contributed by atoms with Crippen LogP contribution in [0.5, 0.6) is 0 Å². The number of hydrogen-bond donors (Lipinski definition) is 2. The van der Waals surface area contributed by atoms with Gasteiger partial charge >= 0.3 is 0 Å². The van der Waals surface area contributed by atoms with E-state index in [0.717, 1.165) is 44.6 Å². The van der Waals surface area contributed by atoms with E-state index in [-0.39, 0.29) is 29.8 Å². The third-order valence-electron chi connectivity index (χ3n) is 8.36. The smallest absolute Gasteiger partial charge is 0.251 e. The van der Waals surface area contributed by atoms with Crippen LogP contribution in [0.25, 0.3) is 0 Å². The van der Waals surface area contributed by atoms with E-state index < -0.39 is 0 Å². The number of anilines is 1. The molecule has 0 bridgehead atoms. The van der Waals surface area contributed by atoms with Gasteiger partial charge in [-0.3, -0.25) is 9.59 Å². The van der Waals surface area contributed by atoms with E-state index in [2.05, 4.69) is 39.8 Å². The van der Waals surface area contributed by atoms with Crippen molar-refractivity contribution in [2.24, 2.45) is 17.8 Å². The van der Waals surface area contributed by atoms with Gasteiger partial charge in [-0.05, 0) is 61.8 Å². The Kier molecular flexibility index (Phi) is 5.35. The van der Waals surface area contributed by atoms with Crippen molar-refractivity contribution in [1.29, 1.82) is 0 Å². The molecular weight excluding hydrogens is 410 g/mol. The number of fused-ring (bicyclic) bond motifs is 3. The molecule has 0 spiro atoms. The number of carbonyl (C=O) groups excluding carboxylic acids is 2. The number of likely N-dealkylation sites (tertiary alicyclic amines) is 1. The SMILES string of the molecule is O=C(N[C@@H]1CCCC[C@@H]1C(=O)N1CC[C@@H]2[C@H](C3CC3)Nc3ccccc3[C@@H]21)c1ccccc1. The first kappa shape index (κ1) is 20.8. The minimum Gasteiger partial charge on any atom is -0.381 e. The molecule has 0 radical (unpaired) electrons. The van der Waals surface area contributed by atoms with Crippen molar-refractivity contribution in [1.82, 2.24) is 10.2 Å². The molecular formula is C28H33N3O2. The molecule has 0 aromatic heterocycles. The second kappa shape index (κ2) is 8.51. The third kappa shape index (κ3) is 3.81. The van der Waals surface area contributed by atoms with Crippen LogP contribution in [-0.2, 0) is 4.79 Å². The summed E-state index contributed by atoms with van der Waals surface area (Å²) in [5, 5.41) is 7.05. The first-order chi connectivity index (χ1) is 16.2. The zero-order valence-electron chi connectivity index (χ0n) is 19.1. The second-order valence-corrected chi connectivity index (χ2v) is 10.4. The number of hydrogen-bond acceptors (Lipinski definition) is 3. The van der Waals surface area contributed by atoms with Crippen molar-refractivity contribution >= 4 is 17.5 Å². The predicted molar refractivity (Wildman–Crippen MR) is 129 cm³/mol. The van der Waals surface area contributed by atoms with Crippen molar-refractivity contribution in [2.75, 3.05) is 11.9 Å². The average molecular weight is 444 g/mol. The van der Waals surface area contributed by atoms with Crippen LogP contribution in [0.2, 0.25) is 0 Å². The molecule has 6 rings (SSSR count). The Labute approximate surface area is 195 Å². The van der Waals surface area contributed by atoms with E-state index >= 15 is 0 Å². The van der Waals surface area contributed by atoms with Gasteiger partial charge in [-0.25, -0.2) is 0 Å². The maximum Gasteiger partial charge on any atom is 0.251 e. The molecule has 2 aromatic rings. The molecule has 5 heteroatoms. The first-order valence-corrected chi connectivity index (χ1v) is 12.7. The summed E-state index contributed by atoms with van der Waals surface area (Å²) in [6.45, 7) is 0.823. The van der Waals surface area contributed by atoms with Gasteiger partial charge in [0.15, 0.2) is 0 Å². The highest BCUT2D eigenvalue weighted by molar-refractivity contribution is 5.94. The summed E-state index contributed by atoms with van der Waals surface area (Å²) in [6.07, 6.45) is 7.51. The number of rotatable bonds is 4. The molecule has 2 amide bonds. The summed E-state index contributed by atoms with van der Waals surface area (Å²) in [5.41, 5.74) is 3.13. The summed E-state index contributed by atoms with van der Waals surface area (Å²) >= 11 is 0. The van der Waals surface area contributed by atoms with E-state index in [1.54, 1.807) is 0 Å². The fourth-order valence-corrected chi connectivity index (χ4v) is 6.59. The highest BCUT2D eigenvalue weighted by Crippen LogP contribution is 2.52. The molecule has 2 aliphatic heterocycles. The van der Waals surface area contributed by atoms with Crippen LogP contribution in [0, 0.1) is 17.8 Å². The Morgan fingerprint density at radius 1 is 0.879 bits per heavy atom. The van der Waals surface area contributed by atoms with E-state index in [4.69, 9.17) is 0 Å². The Hall–Kier alpha value is -2.82. The molecule has 172 valence electrons. The predicted octanol–water partition coefficient (Wildman–Crippen LogP) is 4.77. The van der Waals surface area contributed by atoms with Gasteiger partial charge in [0.05, 0.1) is 12.0 Å². The van der Waals surface area contributed by atoms with E-state index in [0.29, 0.717) is 17.5 Å².